The number of aromatic nitrogens is 1. The second-order valence-electron chi connectivity index (χ2n) is 4.92. The maximum atomic E-state index is 12.1. The van der Waals surface area contributed by atoms with E-state index >= 15 is 0 Å². The number of nitrogens with one attached hydrogen (secondary N) is 2. The number of hydrogen-bond donors (Lipinski definition) is 3. The summed E-state index contributed by atoms with van der Waals surface area (Å²) in [7, 11) is 3.29. The van der Waals surface area contributed by atoms with E-state index in [0.717, 1.165) is 10.9 Å². The standard InChI is InChI=1S/C14H18N4O2/c1-8(14(20)18(2)3)16-13(19)11-7-9-5-4-6-10(15)12(9)17-11/h4-8,17H,15H2,1-3H3,(H,16,19). The van der Waals surface area contributed by atoms with Gasteiger partial charge in [0.2, 0.25) is 5.91 Å². The minimum Gasteiger partial charge on any atom is -0.397 e. The predicted octanol–water partition coefficient (Wildman–Crippen LogP) is 0.957. The van der Waals surface area contributed by atoms with Crippen LogP contribution in [0.1, 0.15) is 17.4 Å². The zero-order valence-corrected chi connectivity index (χ0v) is 11.7. The first kappa shape index (κ1) is 13.9. The Balaban J connectivity index is 2.20. The highest BCUT2D eigenvalue weighted by Crippen LogP contribution is 2.21. The van der Waals surface area contributed by atoms with Gasteiger partial charge in [-0.3, -0.25) is 9.59 Å². The van der Waals surface area contributed by atoms with E-state index in [1.54, 1.807) is 33.2 Å². The van der Waals surface area contributed by atoms with Crippen LogP contribution >= 0.6 is 0 Å². The predicted molar refractivity (Wildman–Crippen MR) is 78.3 cm³/mol. The molecule has 1 aromatic carbocycles. The topological polar surface area (TPSA) is 91.2 Å². The van der Waals surface area contributed by atoms with E-state index < -0.39 is 6.04 Å². The zero-order chi connectivity index (χ0) is 14.9. The Labute approximate surface area is 116 Å². The number of amides is 2. The number of likely N-dealkylation sites (N-methyl/N-ethyl adjacent to an activating group) is 1. The summed E-state index contributed by atoms with van der Waals surface area (Å²) in [6.07, 6.45) is 0. The number of benzene rings is 1. The molecule has 106 valence electrons. The maximum absolute atomic E-state index is 12.1. The lowest BCUT2D eigenvalue weighted by Crippen LogP contribution is -2.44. The first-order valence-corrected chi connectivity index (χ1v) is 6.29. The van der Waals surface area contributed by atoms with Gasteiger partial charge in [0.15, 0.2) is 0 Å². The molecule has 1 aromatic heterocycles. The highest BCUT2D eigenvalue weighted by molar-refractivity contribution is 6.02. The number of nitrogens with zero attached hydrogens (tertiary/aromatic N) is 1. The first-order chi connectivity index (χ1) is 9.40. The van der Waals surface area contributed by atoms with Crippen LogP contribution < -0.4 is 11.1 Å². The Morgan fingerprint density at radius 1 is 1.35 bits per heavy atom. The largest absolute Gasteiger partial charge is 0.397 e. The van der Waals surface area contributed by atoms with Crippen molar-refractivity contribution in [3.8, 4) is 0 Å². The number of para-hydroxylation sites is 1. The monoisotopic (exact) mass is 274 g/mol. The SMILES string of the molecule is CC(NC(=O)c1cc2cccc(N)c2[nH]1)C(=O)N(C)C. The van der Waals surface area contributed by atoms with Crippen LogP contribution in [0, 0.1) is 0 Å². The zero-order valence-electron chi connectivity index (χ0n) is 11.7. The molecule has 2 aromatic rings. The van der Waals surface area contributed by atoms with Gasteiger partial charge in [0.25, 0.3) is 5.91 Å². The van der Waals surface area contributed by atoms with Gasteiger partial charge in [0.05, 0.1) is 11.2 Å². The van der Waals surface area contributed by atoms with Gasteiger partial charge < -0.3 is 20.9 Å². The minimum atomic E-state index is -0.582. The number of anilines is 1. The molecule has 6 heteroatoms. The molecule has 0 bridgehead atoms. The molecule has 1 unspecified atom stereocenters. The van der Waals surface area contributed by atoms with Gasteiger partial charge in [-0.25, -0.2) is 0 Å². The summed E-state index contributed by atoms with van der Waals surface area (Å²) in [4.78, 5) is 28.2. The van der Waals surface area contributed by atoms with Crippen molar-refractivity contribution in [2.24, 2.45) is 0 Å². The highest BCUT2D eigenvalue weighted by atomic mass is 16.2. The molecule has 0 aliphatic heterocycles. The first-order valence-electron chi connectivity index (χ1n) is 6.29. The second-order valence-corrected chi connectivity index (χ2v) is 4.92. The van der Waals surface area contributed by atoms with Crippen molar-refractivity contribution >= 4 is 28.4 Å². The number of rotatable bonds is 3. The van der Waals surface area contributed by atoms with Crippen molar-refractivity contribution in [3.05, 3.63) is 30.0 Å². The molecule has 0 spiro atoms. The maximum Gasteiger partial charge on any atom is 0.268 e. The lowest BCUT2D eigenvalue weighted by molar-refractivity contribution is -0.130. The third-order valence-electron chi connectivity index (χ3n) is 3.09. The number of aromatic amines is 1. The van der Waals surface area contributed by atoms with Crippen LogP contribution in [0.5, 0.6) is 0 Å². The van der Waals surface area contributed by atoms with E-state index in [9.17, 15) is 9.59 Å². The molecule has 0 aliphatic carbocycles. The normalized spacial score (nSPS) is 12.2. The molecular weight excluding hydrogens is 256 g/mol. The lowest BCUT2D eigenvalue weighted by atomic mass is 10.2. The van der Waals surface area contributed by atoms with Gasteiger partial charge in [0, 0.05) is 19.5 Å². The van der Waals surface area contributed by atoms with Crippen LogP contribution in [-0.2, 0) is 4.79 Å². The Bertz CT molecular complexity index is 660. The van der Waals surface area contributed by atoms with Crippen LogP contribution in [0.15, 0.2) is 24.3 Å². The molecule has 0 saturated carbocycles. The summed E-state index contributed by atoms with van der Waals surface area (Å²) in [6.45, 7) is 1.65. The van der Waals surface area contributed by atoms with Crippen molar-refractivity contribution in [2.45, 2.75) is 13.0 Å². The van der Waals surface area contributed by atoms with Crippen molar-refractivity contribution in [2.75, 3.05) is 19.8 Å². The number of nitrogen functional groups attached to an aromatic ring is 1. The van der Waals surface area contributed by atoms with Crippen LogP contribution in [0.25, 0.3) is 10.9 Å². The Morgan fingerprint density at radius 3 is 2.65 bits per heavy atom. The molecule has 20 heavy (non-hydrogen) atoms. The van der Waals surface area contributed by atoms with Gasteiger partial charge in [-0.05, 0) is 19.1 Å². The van der Waals surface area contributed by atoms with Gasteiger partial charge >= 0.3 is 0 Å². The molecule has 4 N–H and O–H groups in total. The fourth-order valence-corrected chi connectivity index (χ4v) is 2.03. The van der Waals surface area contributed by atoms with Crippen molar-refractivity contribution < 1.29 is 9.59 Å². The van der Waals surface area contributed by atoms with Gasteiger partial charge in [-0.1, -0.05) is 12.1 Å². The molecule has 0 fully saturated rings. The molecule has 0 saturated heterocycles. The van der Waals surface area contributed by atoms with Crippen LogP contribution in [-0.4, -0.2) is 41.8 Å². The quantitative estimate of drug-likeness (QED) is 0.728. The number of fused-ring (bicyclic) bond motifs is 1. The summed E-state index contributed by atoms with van der Waals surface area (Å²) >= 11 is 0. The Morgan fingerprint density at radius 2 is 2.05 bits per heavy atom. The Hall–Kier alpha value is -2.50. The summed E-state index contributed by atoms with van der Waals surface area (Å²) < 4.78 is 0. The number of carbonyl (C=O) groups is 2. The number of H-pyrrole nitrogens is 1. The Kier molecular flexibility index (Phi) is 3.65. The lowest BCUT2D eigenvalue weighted by Gasteiger charge is -2.17. The van der Waals surface area contributed by atoms with Crippen LogP contribution in [0.2, 0.25) is 0 Å². The van der Waals surface area contributed by atoms with E-state index in [1.165, 1.54) is 4.90 Å². The van der Waals surface area contributed by atoms with Gasteiger partial charge in [-0.2, -0.15) is 0 Å². The van der Waals surface area contributed by atoms with E-state index in [1.807, 2.05) is 12.1 Å². The molecule has 2 rings (SSSR count). The number of nitrogens with two attached hydrogens (primary N) is 1. The summed E-state index contributed by atoms with van der Waals surface area (Å²) in [5.41, 5.74) is 7.53. The van der Waals surface area contributed by atoms with Crippen molar-refractivity contribution in [1.82, 2.24) is 15.2 Å². The molecule has 0 aliphatic rings. The molecule has 2 amide bonds. The van der Waals surface area contributed by atoms with Crippen molar-refractivity contribution in [1.29, 1.82) is 0 Å². The van der Waals surface area contributed by atoms with Crippen LogP contribution in [0.4, 0.5) is 5.69 Å². The van der Waals surface area contributed by atoms with Crippen molar-refractivity contribution in [3.63, 3.8) is 0 Å². The molecule has 1 atom stereocenters. The number of hydrogen-bond acceptors (Lipinski definition) is 3. The van der Waals surface area contributed by atoms with Gasteiger partial charge in [-0.15, -0.1) is 0 Å². The van der Waals surface area contributed by atoms with Crippen LogP contribution in [0.3, 0.4) is 0 Å². The minimum absolute atomic E-state index is 0.158. The molecule has 1 heterocycles. The van der Waals surface area contributed by atoms with E-state index in [-0.39, 0.29) is 11.8 Å². The fourth-order valence-electron chi connectivity index (χ4n) is 2.03. The summed E-state index contributed by atoms with van der Waals surface area (Å²) in [5, 5.41) is 3.52. The molecule has 6 nitrogen and oxygen atoms in total. The average molecular weight is 274 g/mol. The molecule has 0 radical (unpaired) electrons. The smallest absolute Gasteiger partial charge is 0.268 e. The summed E-state index contributed by atoms with van der Waals surface area (Å²) in [6, 6.07) is 6.59. The van der Waals surface area contributed by atoms with E-state index in [0.29, 0.717) is 11.4 Å². The molecular formula is C14H18N4O2. The fraction of sp³-hybridized carbons (Fsp3) is 0.286. The van der Waals surface area contributed by atoms with E-state index in [4.69, 9.17) is 5.73 Å². The van der Waals surface area contributed by atoms with E-state index in [2.05, 4.69) is 10.3 Å². The third-order valence-corrected chi connectivity index (χ3v) is 3.09. The summed E-state index contributed by atoms with van der Waals surface area (Å²) in [5.74, 6) is -0.489. The van der Waals surface area contributed by atoms with Gasteiger partial charge in [0.1, 0.15) is 11.7 Å². The number of carbonyl (C=O) groups excluding carboxylic acids is 2. The average Bonchev–Trinajstić information content (AvgIpc) is 2.83. The second kappa shape index (κ2) is 5.24. The third kappa shape index (κ3) is 2.59. The highest BCUT2D eigenvalue weighted by Gasteiger charge is 2.19.